The first-order chi connectivity index (χ1) is 13.3. The average Bonchev–Trinajstić information content (AvgIpc) is 2.67. The number of nitrogens with one attached hydrogen (secondary N) is 1. The first-order valence-electron chi connectivity index (χ1n) is 8.97. The molecule has 8 nitrogen and oxygen atoms in total. The van der Waals surface area contributed by atoms with Gasteiger partial charge in [-0.15, -0.1) is 0 Å². The van der Waals surface area contributed by atoms with Gasteiger partial charge in [-0.2, -0.15) is 0 Å². The fourth-order valence-corrected chi connectivity index (χ4v) is 3.22. The van der Waals surface area contributed by atoms with Gasteiger partial charge in [0.25, 0.3) is 0 Å². The van der Waals surface area contributed by atoms with E-state index in [9.17, 15) is 19.5 Å². The van der Waals surface area contributed by atoms with E-state index in [0.29, 0.717) is 43.2 Å². The van der Waals surface area contributed by atoms with Crippen LogP contribution in [0.15, 0.2) is 36.5 Å². The van der Waals surface area contributed by atoms with Gasteiger partial charge in [0.1, 0.15) is 11.4 Å². The number of carbonyl (C=O) groups is 3. The lowest BCUT2D eigenvalue weighted by Gasteiger charge is -2.37. The molecule has 0 saturated carbocycles. The number of hydrogen-bond acceptors (Lipinski definition) is 6. The number of benzene rings is 1. The summed E-state index contributed by atoms with van der Waals surface area (Å²) in [5.74, 6) is -0.938. The zero-order valence-electron chi connectivity index (χ0n) is 15.8. The van der Waals surface area contributed by atoms with Crippen LogP contribution >= 0.6 is 0 Å². The van der Waals surface area contributed by atoms with Gasteiger partial charge in [0.15, 0.2) is 5.78 Å². The Bertz CT molecular complexity index is 903. The summed E-state index contributed by atoms with van der Waals surface area (Å²) in [5, 5.41) is 12.1. The molecular weight excluding hydrogens is 360 g/mol. The molecular formula is C20H22N4O4. The van der Waals surface area contributed by atoms with Crippen LogP contribution in [0.3, 0.4) is 0 Å². The number of aromatic nitrogens is 1. The number of aromatic carboxylic acids is 1. The summed E-state index contributed by atoms with van der Waals surface area (Å²) in [7, 11) is 0. The highest BCUT2D eigenvalue weighted by atomic mass is 16.4. The van der Waals surface area contributed by atoms with Crippen LogP contribution in [0, 0.1) is 0 Å². The van der Waals surface area contributed by atoms with Crippen LogP contribution in [-0.2, 0) is 4.79 Å². The first kappa shape index (κ1) is 19.3. The minimum atomic E-state index is -1.09. The van der Waals surface area contributed by atoms with E-state index in [0.717, 1.165) is 5.69 Å². The molecule has 1 aromatic carbocycles. The van der Waals surface area contributed by atoms with Crippen LogP contribution in [0.2, 0.25) is 0 Å². The third kappa shape index (κ3) is 4.28. The molecule has 1 aromatic heterocycles. The van der Waals surface area contributed by atoms with E-state index in [1.54, 1.807) is 0 Å². The van der Waals surface area contributed by atoms with Crippen LogP contribution in [-0.4, -0.2) is 53.9 Å². The van der Waals surface area contributed by atoms with E-state index in [2.05, 4.69) is 15.2 Å². The number of carbonyl (C=O) groups excluding carboxylic acids is 2. The predicted molar refractivity (Wildman–Crippen MR) is 106 cm³/mol. The highest BCUT2D eigenvalue weighted by molar-refractivity contribution is 5.96. The number of carboxylic acids is 1. The van der Waals surface area contributed by atoms with Crippen LogP contribution in [0.5, 0.6) is 0 Å². The molecule has 1 saturated heterocycles. The number of amides is 1. The van der Waals surface area contributed by atoms with E-state index >= 15 is 0 Å². The van der Waals surface area contributed by atoms with Gasteiger partial charge in [-0.05, 0) is 37.3 Å². The summed E-state index contributed by atoms with van der Waals surface area (Å²) < 4.78 is 0. The second kappa shape index (κ2) is 8.08. The molecule has 0 radical (unpaired) electrons. The van der Waals surface area contributed by atoms with Gasteiger partial charge in [-0.1, -0.05) is 0 Å². The summed E-state index contributed by atoms with van der Waals surface area (Å²) in [6, 6.07) is 8.91. The quantitative estimate of drug-likeness (QED) is 0.765. The van der Waals surface area contributed by atoms with E-state index in [1.165, 1.54) is 26.1 Å². The maximum atomic E-state index is 11.7. The summed E-state index contributed by atoms with van der Waals surface area (Å²) in [6.45, 7) is 5.53. The van der Waals surface area contributed by atoms with Crippen molar-refractivity contribution in [3.05, 3.63) is 47.7 Å². The van der Waals surface area contributed by atoms with E-state index in [4.69, 9.17) is 0 Å². The summed E-state index contributed by atoms with van der Waals surface area (Å²) >= 11 is 0. The minimum Gasteiger partial charge on any atom is -0.478 e. The molecule has 8 heteroatoms. The second-order valence-corrected chi connectivity index (χ2v) is 6.66. The SMILES string of the molecule is CC(=O)Nc1cnc(N2CCN(c3ccc(C(C)=O)cc3)CC2)c(C(=O)O)c1. The van der Waals surface area contributed by atoms with Crippen molar-refractivity contribution < 1.29 is 19.5 Å². The van der Waals surface area contributed by atoms with Crippen molar-refractivity contribution in [1.82, 2.24) is 4.98 Å². The van der Waals surface area contributed by atoms with Crippen LogP contribution in [0.1, 0.15) is 34.6 Å². The zero-order valence-corrected chi connectivity index (χ0v) is 15.8. The van der Waals surface area contributed by atoms with Gasteiger partial charge in [-0.25, -0.2) is 9.78 Å². The summed E-state index contributed by atoms with van der Waals surface area (Å²) in [6.07, 6.45) is 1.47. The third-order valence-corrected chi connectivity index (χ3v) is 4.64. The van der Waals surface area contributed by atoms with Crippen molar-refractivity contribution in [2.75, 3.05) is 41.3 Å². The van der Waals surface area contributed by atoms with E-state index in [-0.39, 0.29) is 17.3 Å². The van der Waals surface area contributed by atoms with E-state index < -0.39 is 5.97 Å². The number of piperazine rings is 1. The Morgan fingerprint density at radius 1 is 1.00 bits per heavy atom. The smallest absolute Gasteiger partial charge is 0.339 e. The molecule has 0 aliphatic carbocycles. The van der Waals surface area contributed by atoms with Crippen LogP contribution in [0.4, 0.5) is 17.2 Å². The van der Waals surface area contributed by atoms with Crippen molar-refractivity contribution in [2.45, 2.75) is 13.8 Å². The third-order valence-electron chi connectivity index (χ3n) is 4.64. The fraction of sp³-hybridized carbons (Fsp3) is 0.300. The van der Waals surface area contributed by atoms with Crippen LogP contribution in [0.25, 0.3) is 0 Å². The molecule has 28 heavy (non-hydrogen) atoms. The maximum Gasteiger partial charge on any atom is 0.339 e. The average molecular weight is 382 g/mol. The van der Waals surface area contributed by atoms with Crippen molar-refractivity contribution in [3.63, 3.8) is 0 Å². The predicted octanol–water partition coefficient (Wildman–Crippen LogP) is 2.27. The lowest BCUT2D eigenvalue weighted by Crippen LogP contribution is -2.47. The molecule has 0 bridgehead atoms. The second-order valence-electron chi connectivity index (χ2n) is 6.66. The molecule has 1 fully saturated rings. The highest BCUT2D eigenvalue weighted by Gasteiger charge is 2.23. The molecule has 1 amide bonds. The number of carboxylic acid groups (broad SMARTS) is 1. The van der Waals surface area contributed by atoms with E-state index in [1.807, 2.05) is 29.2 Å². The Morgan fingerprint density at radius 3 is 2.14 bits per heavy atom. The molecule has 0 spiro atoms. The Labute approximate surface area is 162 Å². The molecule has 0 atom stereocenters. The molecule has 2 N–H and O–H groups in total. The largest absolute Gasteiger partial charge is 0.478 e. The first-order valence-corrected chi connectivity index (χ1v) is 8.97. The number of nitrogens with zero attached hydrogens (tertiary/aromatic N) is 3. The minimum absolute atomic E-state index is 0.0337. The lowest BCUT2D eigenvalue weighted by atomic mass is 10.1. The van der Waals surface area contributed by atoms with Crippen molar-refractivity contribution in [1.29, 1.82) is 0 Å². The number of pyridine rings is 1. The zero-order chi connectivity index (χ0) is 20.3. The normalized spacial score (nSPS) is 13.9. The number of anilines is 3. The summed E-state index contributed by atoms with van der Waals surface area (Å²) in [5.41, 5.74) is 2.12. The summed E-state index contributed by atoms with van der Waals surface area (Å²) in [4.78, 5) is 42.7. The number of rotatable bonds is 5. The molecule has 1 aliphatic rings. The van der Waals surface area contributed by atoms with Crippen molar-refractivity contribution in [3.8, 4) is 0 Å². The van der Waals surface area contributed by atoms with Gasteiger partial charge in [0, 0.05) is 44.4 Å². The number of Topliss-reactive ketones (excluding diaryl/α,β-unsaturated/α-hetero) is 1. The Kier molecular flexibility index (Phi) is 5.58. The van der Waals surface area contributed by atoms with Gasteiger partial charge >= 0.3 is 5.97 Å². The Hall–Kier alpha value is -3.42. The maximum absolute atomic E-state index is 11.7. The van der Waals surface area contributed by atoms with Gasteiger partial charge in [-0.3, -0.25) is 9.59 Å². The topological polar surface area (TPSA) is 103 Å². The van der Waals surface area contributed by atoms with Crippen molar-refractivity contribution >= 4 is 34.9 Å². The molecule has 2 heterocycles. The molecule has 3 rings (SSSR count). The highest BCUT2D eigenvalue weighted by Crippen LogP contribution is 2.24. The fourth-order valence-electron chi connectivity index (χ4n) is 3.22. The number of hydrogen-bond donors (Lipinski definition) is 2. The van der Waals surface area contributed by atoms with Gasteiger partial charge in [0.2, 0.25) is 5.91 Å². The Morgan fingerprint density at radius 2 is 1.61 bits per heavy atom. The van der Waals surface area contributed by atoms with Crippen molar-refractivity contribution in [2.24, 2.45) is 0 Å². The lowest BCUT2D eigenvalue weighted by molar-refractivity contribution is -0.114. The molecule has 146 valence electrons. The van der Waals surface area contributed by atoms with Gasteiger partial charge in [0.05, 0.1) is 11.9 Å². The van der Waals surface area contributed by atoms with Gasteiger partial charge < -0.3 is 20.2 Å². The Balaban J connectivity index is 1.72. The van der Waals surface area contributed by atoms with Crippen LogP contribution < -0.4 is 15.1 Å². The molecule has 1 aliphatic heterocycles. The monoisotopic (exact) mass is 382 g/mol. The standard InChI is InChI=1S/C20H22N4O4/c1-13(25)15-3-5-17(6-4-15)23-7-9-24(10-8-23)19-18(20(27)28)11-16(12-21-19)22-14(2)26/h3-6,11-12H,7-10H2,1-2H3,(H,22,26)(H,27,28). The number of ketones is 1. The molecule has 0 unspecified atom stereocenters. The molecule has 2 aromatic rings.